The van der Waals surface area contributed by atoms with Crippen LogP contribution in [-0.2, 0) is 0 Å². The van der Waals surface area contributed by atoms with Crippen molar-refractivity contribution >= 4 is 12.4 Å². The van der Waals surface area contributed by atoms with E-state index in [0.29, 0.717) is 6.42 Å². The van der Waals surface area contributed by atoms with Crippen LogP contribution in [0, 0.1) is 0 Å². The highest BCUT2D eigenvalue weighted by Gasteiger charge is 2.01. The highest BCUT2D eigenvalue weighted by atomic mass is 16.3. The third kappa shape index (κ3) is 1.93. The van der Waals surface area contributed by atoms with Crippen LogP contribution in [0.15, 0.2) is 9.98 Å². The first kappa shape index (κ1) is 6.42. The largest absolute Gasteiger partial charge is 0.396 e. The summed E-state index contributed by atoms with van der Waals surface area (Å²) < 4.78 is 0. The van der Waals surface area contributed by atoms with Gasteiger partial charge in [-0.3, -0.25) is 9.98 Å². The van der Waals surface area contributed by atoms with Gasteiger partial charge in [-0.1, -0.05) is 0 Å². The lowest BCUT2D eigenvalue weighted by molar-refractivity contribution is 0.277. The van der Waals surface area contributed by atoms with Gasteiger partial charge < -0.3 is 5.11 Å². The fourth-order valence-corrected chi connectivity index (χ4v) is 0.715. The maximum atomic E-state index is 8.47. The molecule has 0 aromatic rings. The van der Waals surface area contributed by atoms with Crippen LogP contribution in [-0.4, -0.2) is 30.3 Å². The van der Waals surface area contributed by atoms with Crippen molar-refractivity contribution in [2.75, 3.05) is 6.61 Å². The lowest BCUT2D eigenvalue weighted by Gasteiger charge is -2.06. The van der Waals surface area contributed by atoms with Crippen LogP contribution in [0.25, 0.3) is 0 Å². The Bertz CT molecular complexity index is 119. The molecule has 0 amide bonds. The average molecular weight is 126 g/mol. The highest BCUT2D eigenvalue weighted by molar-refractivity contribution is 5.80. The smallest absolute Gasteiger partial charge is 0.140 e. The minimum absolute atomic E-state index is 0.0104. The Morgan fingerprint density at radius 2 is 2.11 bits per heavy atom. The Morgan fingerprint density at radius 1 is 1.44 bits per heavy atom. The van der Waals surface area contributed by atoms with E-state index in [2.05, 4.69) is 9.98 Å². The van der Waals surface area contributed by atoms with Gasteiger partial charge in [-0.05, 0) is 0 Å². The van der Waals surface area contributed by atoms with Gasteiger partial charge in [0.15, 0.2) is 0 Å². The molecule has 1 heterocycles. The van der Waals surface area contributed by atoms with Crippen LogP contribution in [0.2, 0.25) is 0 Å². The van der Waals surface area contributed by atoms with Gasteiger partial charge in [-0.25, -0.2) is 0 Å². The van der Waals surface area contributed by atoms with Crippen LogP contribution >= 0.6 is 0 Å². The summed E-state index contributed by atoms with van der Waals surface area (Å²) in [5.41, 5.74) is 0. The summed E-state index contributed by atoms with van der Waals surface area (Å²) in [7, 11) is 0. The molecule has 50 valence electrons. The maximum Gasteiger partial charge on any atom is 0.140 e. The quantitative estimate of drug-likeness (QED) is 0.566. The van der Waals surface area contributed by atoms with Gasteiger partial charge in [0.05, 0.1) is 0 Å². The summed E-state index contributed by atoms with van der Waals surface area (Å²) in [6.07, 6.45) is 5.12. The predicted molar refractivity (Wildman–Crippen MR) is 37.1 cm³/mol. The molecule has 9 heavy (non-hydrogen) atoms. The third-order valence-corrected chi connectivity index (χ3v) is 1.15. The molecule has 1 aliphatic rings. The molecule has 0 unspecified atom stereocenters. The van der Waals surface area contributed by atoms with Gasteiger partial charge in [0.25, 0.3) is 0 Å². The van der Waals surface area contributed by atoms with Crippen LogP contribution in [0.1, 0.15) is 12.8 Å². The molecule has 0 bridgehead atoms. The second kappa shape index (κ2) is 3.35. The average Bonchev–Trinajstić information content (AvgIpc) is 1.91. The van der Waals surface area contributed by atoms with Crippen molar-refractivity contribution in [1.29, 1.82) is 0 Å². The summed E-state index contributed by atoms with van der Waals surface area (Å²) in [5.74, 6) is 0. The summed E-state index contributed by atoms with van der Waals surface area (Å²) in [5, 5.41) is 8.47. The first-order chi connectivity index (χ1) is 4.43. The van der Waals surface area contributed by atoms with Crippen LogP contribution < -0.4 is 0 Å². The number of aliphatic imine (C=N–C) groups is 2. The number of aliphatic hydroxyl groups excluding tert-OH is 1. The Morgan fingerprint density at radius 3 is 2.67 bits per heavy atom. The second-order valence-corrected chi connectivity index (χ2v) is 1.89. The molecule has 1 N–H and O–H groups in total. The van der Waals surface area contributed by atoms with Gasteiger partial charge in [0, 0.05) is 31.9 Å². The Labute approximate surface area is 54.1 Å². The van der Waals surface area contributed by atoms with Crippen LogP contribution in [0.5, 0.6) is 0 Å². The van der Waals surface area contributed by atoms with Crippen molar-refractivity contribution in [2.24, 2.45) is 9.98 Å². The van der Waals surface area contributed by atoms with Gasteiger partial charge >= 0.3 is 0 Å². The molecule has 0 aromatic heterocycles. The maximum absolute atomic E-state index is 8.47. The van der Waals surface area contributed by atoms with Crippen molar-refractivity contribution < 1.29 is 5.11 Å². The molecule has 0 atom stereocenters. The zero-order chi connectivity index (χ0) is 6.53. The molecule has 0 fully saturated rings. The van der Waals surface area contributed by atoms with Gasteiger partial charge in [-0.15, -0.1) is 0 Å². The molecular formula is C6H10N2O. The summed E-state index contributed by atoms with van der Waals surface area (Å²) in [4.78, 5) is 8.07. The minimum Gasteiger partial charge on any atom is -0.396 e. The van der Waals surface area contributed by atoms with Gasteiger partial charge in [0.1, 0.15) is 6.17 Å². The van der Waals surface area contributed by atoms with E-state index in [9.17, 15) is 0 Å². The first-order valence-corrected chi connectivity index (χ1v) is 3.07. The summed E-state index contributed by atoms with van der Waals surface area (Å²) >= 11 is 0. The van der Waals surface area contributed by atoms with E-state index in [4.69, 9.17) is 5.11 Å². The standard InChI is InChI=1S/C6H10N2O/c9-5-2-6-7-3-1-4-8-6/h3-4,6,9H,1-2,5H2. The molecule has 0 saturated heterocycles. The molecular weight excluding hydrogens is 116 g/mol. The predicted octanol–water partition coefficient (Wildman–Crippen LogP) is 0.240. The highest BCUT2D eigenvalue weighted by Crippen LogP contribution is 2.00. The lowest BCUT2D eigenvalue weighted by atomic mass is 10.3. The van der Waals surface area contributed by atoms with Gasteiger partial charge in [-0.2, -0.15) is 0 Å². The molecule has 3 heteroatoms. The fourth-order valence-electron chi connectivity index (χ4n) is 0.715. The Hall–Kier alpha value is -0.700. The van der Waals surface area contributed by atoms with Crippen molar-refractivity contribution in [2.45, 2.75) is 19.0 Å². The van der Waals surface area contributed by atoms with E-state index in [1.807, 2.05) is 12.4 Å². The van der Waals surface area contributed by atoms with Crippen molar-refractivity contribution in [3.63, 3.8) is 0 Å². The van der Waals surface area contributed by atoms with E-state index >= 15 is 0 Å². The Kier molecular flexibility index (Phi) is 2.39. The zero-order valence-electron chi connectivity index (χ0n) is 5.20. The van der Waals surface area contributed by atoms with Crippen molar-refractivity contribution in [3.8, 4) is 0 Å². The lowest BCUT2D eigenvalue weighted by Crippen LogP contribution is -2.07. The number of rotatable bonds is 2. The molecule has 0 radical (unpaired) electrons. The van der Waals surface area contributed by atoms with Crippen molar-refractivity contribution in [3.05, 3.63) is 0 Å². The minimum atomic E-state index is -0.0104. The topological polar surface area (TPSA) is 45.0 Å². The number of nitrogens with zero attached hydrogens (tertiary/aromatic N) is 2. The van der Waals surface area contributed by atoms with Gasteiger partial charge in [0.2, 0.25) is 0 Å². The fraction of sp³-hybridized carbons (Fsp3) is 0.667. The third-order valence-electron chi connectivity index (χ3n) is 1.15. The molecule has 0 saturated carbocycles. The molecule has 0 aromatic carbocycles. The van der Waals surface area contributed by atoms with Crippen LogP contribution in [0.3, 0.4) is 0 Å². The molecule has 3 nitrogen and oxygen atoms in total. The summed E-state index contributed by atoms with van der Waals surface area (Å²) in [6, 6.07) is 0. The summed E-state index contributed by atoms with van der Waals surface area (Å²) in [6.45, 7) is 0.166. The SMILES string of the molecule is OCCC1N=CCC=N1. The van der Waals surface area contributed by atoms with E-state index in [0.717, 1.165) is 6.42 Å². The van der Waals surface area contributed by atoms with E-state index in [1.54, 1.807) is 0 Å². The van der Waals surface area contributed by atoms with Crippen molar-refractivity contribution in [1.82, 2.24) is 0 Å². The Balaban J connectivity index is 2.31. The molecule has 1 aliphatic heterocycles. The van der Waals surface area contributed by atoms with E-state index in [1.165, 1.54) is 0 Å². The second-order valence-electron chi connectivity index (χ2n) is 1.89. The number of aliphatic hydroxyl groups is 1. The molecule has 1 rings (SSSR count). The number of hydrogen-bond acceptors (Lipinski definition) is 3. The van der Waals surface area contributed by atoms with Crippen LogP contribution in [0.4, 0.5) is 0 Å². The zero-order valence-corrected chi connectivity index (χ0v) is 5.20. The number of hydrogen-bond donors (Lipinski definition) is 1. The monoisotopic (exact) mass is 126 g/mol. The normalized spacial score (nSPS) is 18.8. The van der Waals surface area contributed by atoms with E-state index < -0.39 is 0 Å². The molecule has 0 aliphatic carbocycles. The molecule has 0 spiro atoms. The first-order valence-electron chi connectivity index (χ1n) is 3.07. The van der Waals surface area contributed by atoms with E-state index in [-0.39, 0.29) is 12.8 Å².